The van der Waals surface area contributed by atoms with Gasteiger partial charge >= 0.3 is 5.97 Å². The Labute approximate surface area is 281 Å². The number of amides is 3. The van der Waals surface area contributed by atoms with Gasteiger partial charge in [0.15, 0.2) is 0 Å². The van der Waals surface area contributed by atoms with Crippen molar-refractivity contribution < 1.29 is 24.3 Å². The van der Waals surface area contributed by atoms with Crippen molar-refractivity contribution in [3.05, 3.63) is 0 Å². The fourth-order valence-corrected chi connectivity index (χ4v) is 6.28. The summed E-state index contributed by atoms with van der Waals surface area (Å²) >= 11 is 0. The van der Waals surface area contributed by atoms with Gasteiger partial charge < -0.3 is 22.3 Å². The molecule has 1 atom stereocenters. The predicted octanol–water partition coefficient (Wildman–Crippen LogP) is 7.90. The van der Waals surface area contributed by atoms with Gasteiger partial charge in [-0.1, -0.05) is 141 Å². The van der Waals surface area contributed by atoms with Crippen LogP contribution >= 0.6 is 0 Å². The van der Waals surface area contributed by atoms with Crippen molar-refractivity contribution in [2.24, 2.45) is 17.2 Å². The van der Waals surface area contributed by atoms with Gasteiger partial charge in [-0.15, -0.1) is 0 Å². The summed E-state index contributed by atoms with van der Waals surface area (Å²) in [5.41, 5.74) is 15.7. The Hall–Kier alpha value is -2.16. The van der Waals surface area contributed by atoms with E-state index in [-0.39, 0.29) is 24.7 Å². The summed E-state index contributed by atoms with van der Waals surface area (Å²) < 4.78 is 0. The van der Waals surface area contributed by atoms with Crippen LogP contribution in [0.15, 0.2) is 0 Å². The second-order valence-corrected chi connectivity index (χ2v) is 13.5. The van der Waals surface area contributed by atoms with Crippen LogP contribution in [-0.2, 0) is 19.2 Å². The normalized spacial score (nSPS) is 12.0. The van der Waals surface area contributed by atoms with Crippen LogP contribution in [0.4, 0.5) is 0 Å². The Kier molecular flexibility index (Phi) is 31.2. The third-order valence-corrected chi connectivity index (χ3v) is 9.13. The lowest BCUT2D eigenvalue weighted by Gasteiger charge is -2.29. The molecule has 7 N–H and O–H groups in total. The number of carboxylic acid groups (broad SMARTS) is 1. The molecule has 0 saturated heterocycles. The van der Waals surface area contributed by atoms with Gasteiger partial charge in [0, 0.05) is 19.3 Å². The first-order valence-corrected chi connectivity index (χ1v) is 19.1. The standard InChI is InChI=1S/C37H72N4O5/c38-34(42)27-23-19-15-11-7-3-1-5-9-13-17-21-25-31-41(33(37(45)46)29-30-36(40)44)32-26-22-18-14-10-6-2-4-8-12-16-20-24-28-35(39)43/h33H,1-32H2,(H2,38,42)(H2,39,43)(H2,40,44)(H,45,46)/t33-/m0/s1. The minimum atomic E-state index is -0.849. The average Bonchev–Trinajstić information content (AvgIpc) is 2.99. The zero-order valence-corrected chi connectivity index (χ0v) is 29.5. The van der Waals surface area contributed by atoms with E-state index in [2.05, 4.69) is 4.90 Å². The predicted molar refractivity (Wildman–Crippen MR) is 189 cm³/mol. The summed E-state index contributed by atoms with van der Waals surface area (Å²) in [6, 6.07) is -0.640. The number of primary amides is 3. The summed E-state index contributed by atoms with van der Waals surface area (Å²) in [6.07, 6.45) is 32.2. The monoisotopic (exact) mass is 653 g/mol. The fraction of sp³-hybridized carbons (Fsp3) is 0.892. The topological polar surface area (TPSA) is 170 Å². The first-order chi connectivity index (χ1) is 22.2. The molecule has 0 bridgehead atoms. The molecule has 0 spiro atoms. The molecule has 9 nitrogen and oxygen atoms in total. The maximum atomic E-state index is 12.1. The zero-order valence-electron chi connectivity index (χ0n) is 29.5. The lowest BCUT2D eigenvalue weighted by atomic mass is 10.0. The highest BCUT2D eigenvalue weighted by Crippen LogP contribution is 2.17. The number of nitrogens with two attached hydrogens (primary N) is 3. The van der Waals surface area contributed by atoms with Crippen molar-refractivity contribution in [2.45, 2.75) is 199 Å². The summed E-state index contributed by atoms with van der Waals surface area (Å²) in [5, 5.41) is 9.90. The van der Waals surface area contributed by atoms with E-state index in [4.69, 9.17) is 17.2 Å². The van der Waals surface area contributed by atoms with Gasteiger partial charge in [-0.05, 0) is 45.2 Å². The molecular formula is C37H72N4O5. The van der Waals surface area contributed by atoms with Crippen molar-refractivity contribution in [3.8, 4) is 0 Å². The molecular weight excluding hydrogens is 580 g/mol. The van der Waals surface area contributed by atoms with Crippen molar-refractivity contribution in [2.75, 3.05) is 13.1 Å². The van der Waals surface area contributed by atoms with E-state index in [1.807, 2.05) is 0 Å². The molecule has 0 aromatic carbocycles. The lowest BCUT2D eigenvalue weighted by Crippen LogP contribution is -2.43. The maximum absolute atomic E-state index is 12.1. The molecule has 0 aromatic rings. The molecule has 0 heterocycles. The van der Waals surface area contributed by atoms with Crippen molar-refractivity contribution in [1.82, 2.24) is 4.90 Å². The number of carbonyl (C=O) groups is 4. The Morgan fingerprint density at radius 1 is 0.391 bits per heavy atom. The number of rotatable bonds is 37. The van der Waals surface area contributed by atoms with Crippen LogP contribution in [-0.4, -0.2) is 52.8 Å². The van der Waals surface area contributed by atoms with Crippen LogP contribution < -0.4 is 17.2 Å². The van der Waals surface area contributed by atoms with Crippen LogP contribution in [0.3, 0.4) is 0 Å². The van der Waals surface area contributed by atoms with Gasteiger partial charge in [-0.25, -0.2) is 0 Å². The molecule has 46 heavy (non-hydrogen) atoms. The van der Waals surface area contributed by atoms with E-state index in [0.29, 0.717) is 12.8 Å². The molecule has 0 rings (SSSR count). The highest BCUT2D eigenvalue weighted by atomic mass is 16.4. The molecule has 0 aromatic heterocycles. The Morgan fingerprint density at radius 3 is 0.870 bits per heavy atom. The van der Waals surface area contributed by atoms with Crippen molar-refractivity contribution >= 4 is 23.7 Å². The van der Waals surface area contributed by atoms with Crippen molar-refractivity contribution in [3.63, 3.8) is 0 Å². The number of hydrogen-bond acceptors (Lipinski definition) is 5. The largest absolute Gasteiger partial charge is 0.480 e. The van der Waals surface area contributed by atoms with E-state index in [0.717, 1.165) is 64.5 Å². The molecule has 9 heteroatoms. The third-order valence-electron chi connectivity index (χ3n) is 9.13. The average molecular weight is 653 g/mol. The molecule has 270 valence electrons. The Bertz CT molecular complexity index is 720. The van der Waals surface area contributed by atoms with Gasteiger partial charge in [0.05, 0.1) is 0 Å². The second kappa shape index (κ2) is 32.8. The van der Waals surface area contributed by atoms with E-state index in [1.165, 1.54) is 116 Å². The van der Waals surface area contributed by atoms with Gasteiger partial charge in [-0.3, -0.25) is 24.1 Å². The number of carboxylic acids is 1. The molecule has 0 fully saturated rings. The van der Waals surface area contributed by atoms with Crippen LogP contribution in [0.25, 0.3) is 0 Å². The minimum Gasteiger partial charge on any atom is -0.480 e. The molecule has 0 radical (unpaired) electrons. The second-order valence-electron chi connectivity index (χ2n) is 13.5. The van der Waals surface area contributed by atoms with Crippen molar-refractivity contribution in [1.29, 1.82) is 0 Å². The summed E-state index contributed by atoms with van der Waals surface area (Å²) in [5.74, 6) is -1.68. The van der Waals surface area contributed by atoms with Crippen LogP contribution in [0.1, 0.15) is 193 Å². The van der Waals surface area contributed by atoms with Crippen LogP contribution in [0.2, 0.25) is 0 Å². The minimum absolute atomic E-state index is 0.109. The molecule has 0 aliphatic rings. The smallest absolute Gasteiger partial charge is 0.320 e. The number of carbonyl (C=O) groups excluding carboxylic acids is 3. The summed E-state index contributed by atoms with van der Waals surface area (Å²) in [4.78, 5) is 47.0. The molecule has 3 amide bonds. The Balaban J connectivity index is 4.02. The molecule has 0 aliphatic heterocycles. The Morgan fingerprint density at radius 2 is 0.630 bits per heavy atom. The number of aliphatic carboxylic acids is 1. The highest BCUT2D eigenvalue weighted by Gasteiger charge is 2.25. The van der Waals surface area contributed by atoms with Crippen LogP contribution in [0.5, 0.6) is 0 Å². The van der Waals surface area contributed by atoms with Gasteiger partial charge in [0.2, 0.25) is 17.7 Å². The van der Waals surface area contributed by atoms with Gasteiger partial charge in [0.25, 0.3) is 0 Å². The van der Waals surface area contributed by atoms with E-state index < -0.39 is 17.9 Å². The quantitative estimate of drug-likeness (QED) is 0.0497. The third kappa shape index (κ3) is 31.8. The fourth-order valence-electron chi connectivity index (χ4n) is 6.28. The van der Waals surface area contributed by atoms with E-state index >= 15 is 0 Å². The lowest BCUT2D eigenvalue weighted by molar-refractivity contribution is -0.143. The number of nitrogens with zero attached hydrogens (tertiary/aromatic N) is 1. The SMILES string of the molecule is NC(=O)CCCCCCCCCCCCCCCN(CCCCCCCCCCCCCCCC(N)=O)[C@@H](CCC(N)=O)C(=O)O. The van der Waals surface area contributed by atoms with E-state index in [1.54, 1.807) is 0 Å². The number of unbranched alkanes of at least 4 members (excludes halogenated alkanes) is 24. The molecule has 0 aliphatic carbocycles. The first-order valence-electron chi connectivity index (χ1n) is 19.1. The van der Waals surface area contributed by atoms with Crippen LogP contribution in [0, 0.1) is 0 Å². The summed E-state index contributed by atoms with van der Waals surface area (Å²) in [7, 11) is 0. The number of hydrogen-bond donors (Lipinski definition) is 4. The molecule has 0 saturated carbocycles. The first kappa shape index (κ1) is 43.8. The van der Waals surface area contributed by atoms with Gasteiger partial charge in [-0.2, -0.15) is 0 Å². The van der Waals surface area contributed by atoms with E-state index in [9.17, 15) is 24.3 Å². The summed E-state index contributed by atoms with van der Waals surface area (Å²) in [6.45, 7) is 1.53. The van der Waals surface area contributed by atoms with Gasteiger partial charge in [0.1, 0.15) is 6.04 Å². The highest BCUT2D eigenvalue weighted by molar-refractivity contribution is 5.77. The molecule has 0 unspecified atom stereocenters. The maximum Gasteiger partial charge on any atom is 0.320 e. The zero-order chi connectivity index (χ0) is 34.1.